The molecule has 25 heavy (non-hydrogen) atoms. The van der Waals surface area contributed by atoms with E-state index in [2.05, 4.69) is 20.1 Å². The first-order chi connectivity index (χ1) is 11.9. The smallest absolute Gasteiger partial charge is 0.382 e. The van der Waals surface area contributed by atoms with Crippen molar-refractivity contribution in [3.63, 3.8) is 0 Å². The van der Waals surface area contributed by atoms with Gasteiger partial charge >= 0.3 is 6.18 Å². The summed E-state index contributed by atoms with van der Waals surface area (Å²) in [6, 6.07) is 0. The van der Waals surface area contributed by atoms with Gasteiger partial charge in [-0.3, -0.25) is 9.48 Å². The number of carbonyl (C=O) groups is 1. The summed E-state index contributed by atoms with van der Waals surface area (Å²) < 4.78 is 45.3. The van der Waals surface area contributed by atoms with Gasteiger partial charge in [-0.05, 0) is 0 Å². The van der Waals surface area contributed by atoms with Gasteiger partial charge in [0.05, 0.1) is 19.4 Å². The van der Waals surface area contributed by atoms with Crippen molar-refractivity contribution >= 4 is 11.7 Å². The average molecular weight is 355 g/mol. The summed E-state index contributed by atoms with van der Waals surface area (Å²) in [7, 11) is 0. The molecule has 0 bridgehead atoms. The Morgan fingerprint density at radius 3 is 2.96 bits per heavy atom. The van der Waals surface area contributed by atoms with Crippen LogP contribution < -0.4 is 10.7 Å². The lowest BCUT2D eigenvalue weighted by molar-refractivity contribution is -0.379. The molecule has 0 aromatic carbocycles. The molecule has 0 aliphatic carbocycles. The van der Waals surface area contributed by atoms with Crippen molar-refractivity contribution in [1.82, 2.24) is 14.8 Å². The van der Waals surface area contributed by atoms with Crippen LogP contribution in [0.5, 0.6) is 0 Å². The topological polar surface area (TPSA) is 110 Å². The standard InChI is InChI=1S/C14H13F3N6O2/c15-14(16,17)12-8-7-25-4-1-10(8)23(22-12)6-11(24)21-13(18)9-5-19-2-3-20-9/h2-3,5H,1,4,6-7H2,(H2,18,21,24)/p+1. The predicted molar refractivity (Wildman–Crippen MR) is 77.1 cm³/mol. The maximum atomic E-state index is 13.1. The largest absolute Gasteiger partial charge is 0.435 e. The number of nitrogens with one attached hydrogen (secondary N) is 1. The Labute approximate surface area is 139 Å². The number of aromatic nitrogens is 4. The predicted octanol–water partition coefficient (Wildman–Crippen LogP) is 0.116. The van der Waals surface area contributed by atoms with Gasteiger partial charge in [-0.15, -0.1) is 0 Å². The van der Waals surface area contributed by atoms with Crippen molar-refractivity contribution in [2.24, 2.45) is 10.7 Å². The Kier molecular flexibility index (Phi) is 4.49. The fraction of sp³-hybridized carbons (Fsp3) is 0.357. The van der Waals surface area contributed by atoms with Crippen molar-refractivity contribution in [1.29, 1.82) is 0 Å². The Bertz CT molecular complexity index is 816. The van der Waals surface area contributed by atoms with Gasteiger partial charge in [-0.1, -0.05) is 0 Å². The minimum atomic E-state index is -4.62. The Balaban J connectivity index is 1.86. The summed E-state index contributed by atoms with van der Waals surface area (Å²) in [6.07, 6.45) is 0.0449. The average Bonchev–Trinajstić information content (AvgIpc) is 2.94. The van der Waals surface area contributed by atoms with Gasteiger partial charge in [-0.2, -0.15) is 23.3 Å². The molecular formula is C14H14F3N6O2+. The number of fused-ring (bicyclic) bond motifs is 1. The fourth-order valence-electron chi connectivity index (χ4n) is 2.49. The highest BCUT2D eigenvalue weighted by atomic mass is 19.4. The Morgan fingerprint density at radius 1 is 1.48 bits per heavy atom. The minimum absolute atomic E-state index is 0.0390. The third-order valence-electron chi connectivity index (χ3n) is 3.56. The Hall–Kier alpha value is -2.82. The van der Waals surface area contributed by atoms with E-state index in [0.717, 1.165) is 4.68 Å². The first-order valence-electron chi connectivity index (χ1n) is 7.29. The first-order valence-corrected chi connectivity index (χ1v) is 7.29. The zero-order chi connectivity index (χ0) is 18.0. The molecule has 11 heteroatoms. The van der Waals surface area contributed by atoms with E-state index in [-0.39, 0.29) is 36.7 Å². The van der Waals surface area contributed by atoms with E-state index >= 15 is 0 Å². The zero-order valence-corrected chi connectivity index (χ0v) is 12.9. The van der Waals surface area contributed by atoms with Crippen LogP contribution in [0, 0.1) is 0 Å². The number of ether oxygens (including phenoxy) is 1. The van der Waals surface area contributed by atoms with Gasteiger partial charge in [0.1, 0.15) is 6.54 Å². The van der Waals surface area contributed by atoms with E-state index < -0.39 is 24.3 Å². The van der Waals surface area contributed by atoms with Crippen molar-refractivity contribution in [3.05, 3.63) is 41.2 Å². The van der Waals surface area contributed by atoms with Crippen LogP contribution in [0.3, 0.4) is 0 Å². The van der Waals surface area contributed by atoms with E-state index in [4.69, 9.17) is 10.5 Å². The molecule has 8 nitrogen and oxygen atoms in total. The summed E-state index contributed by atoms with van der Waals surface area (Å²) in [6.45, 7) is -0.372. The molecule has 0 fully saturated rings. The van der Waals surface area contributed by atoms with Gasteiger partial charge in [0.15, 0.2) is 29.6 Å². The fourth-order valence-corrected chi connectivity index (χ4v) is 2.49. The lowest BCUT2D eigenvalue weighted by Gasteiger charge is -2.15. The molecule has 1 amide bonds. The van der Waals surface area contributed by atoms with Crippen LogP contribution in [0.15, 0.2) is 23.6 Å². The number of aliphatic imine (C=N–C) groups is 1. The van der Waals surface area contributed by atoms with Crippen LogP contribution in [0.1, 0.15) is 22.6 Å². The summed E-state index contributed by atoms with van der Waals surface area (Å²) in [5, 5.41) is 3.54. The quantitative estimate of drug-likeness (QED) is 0.621. The normalized spacial score (nSPS) is 15.1. The van der Waals surface area contributed by atoms with E-state index in [1.807, 2.05) is 0 Å². The number of nitrogens with zero attached hydrogens (tertiary/aromatic N) is 4. The van der Waals surface area contributed by atoms with Crippen LogP contribution in [-0.2, 0) is 35.3 Å². The first kappa shape index (κ1) is 17.0. The van der Waals surface area contributed by atoms with Crippen molar-refractivity contribution in [2.45, 2.75) is 25.7 Å². The summed E-state index contributed by atoms with van der Waals surface area (Å²) in [4.78, 5) is 22.4. The van der Waals surface area contributed by atoms with Crippen LogP contribution in [-0.4, -0.2) is 33.1 Å². The molecule has 3 heterocycles. The molecule has 0 unspecified atom stereocenters. The summed E-state index contributed by atoms with van der Waals surface area (Å²) in [5.74, 6) is -0.865. The number of amides is 1. The molecule has 3 N–H and O–H groups in total. The highest BCUT2D eigenvalue weighted by Gasteiger charge is 2.40. The molecule has 0 atom stereocenters. The maximum absolute atomic E-state index is 13.1. The van der Waals surface area contributed by atoms with Gasteiger partial charge in [0, 0.05) is 17.7 Å². The molecule has 1 aliphatic heterocycles. The van der Waals surface area contributed by atoms with Crippen molar-refractivity contribution in [3.8, 4) is 0 Å². The highest BCUT2D eigenvalue weighted by Crippen LogP contribution is 2.34. The van der Waals surface area contributed by atoms with Gasteiger partial charge in [-0.25, -0.2) is 9.97 Å². The van der Waals surface area contributed by atoms with Crippen molar-refractivity contribution < 1.29 is 27.7 Å². The molecular weight excluding hydrogens is 341 g/mol. The van der Waals surface area contributed by atoms with E-state index in [1.165, 1.54) is 12.4 Å². The molecule has 0 saturated heterocycles. The van der Waals surface area contributed by atoms with Crippen LogP contribution in [0.25, 0.3) is 0 Å². The second-order valence-corrected chi connectivity index (χ2v) is 5.26. The number of hydrogen-bond donors (Lipinski definition) is 1. The van der Waals surface area contributed by atoms with E-state index in [1.54, 1.807) is 6.20 Å². The van der Waals surface area contributed by atoms with Crippen molar-refractivity contribution in [2.75, 3.05) is 6.61 Å². The number of H-pyrrole nitrogens is 1. The van der Waals surface area contributed by atoms with Crippen LogP contribution in [0.4, 0.5) is 13.2 Å². The number of amidine groups is 1. The molecule has 0 spiro atoms. The number of carbonyl (C=O) groups excluding carboxylic acids is 1. The lowest BCUT2D eigenvalue weighted by atomic mass is 10.1. The molecule has 1 aliphatic rings. The zero-order valence-electron chi connectivity index (χ0n) is 12.9. The Morgan fingerprint density at radius 2 is 2.28 bits per heavy atom. The van der Waals surface area contributed by atoms with Crippen LogP contribution >= 0.6 is 0 Å². The number of alkyl halides is 3. The number of aromatic amines is 1. The van der Waals surface area contributed by atoms with E-state index in [0.29, 0.717) is 5.69 Å². The number of nitrogens with two attached hydrogens (primary N) is 1. The second kappa shape index (κ2) is 6.59. The number of halogens is 3. The summed E-state index contributed by atoms with van der Waals surface area (Å²) >= 11 is 0. The van der Waals surface area contributed by atoms with Gasteiger partial charge in [0.25, 0.3) is 5.91 Å². The van der Waals surface area contributed by atoms with Crippen LogP contribution in [0.2, 0.25) is 0 Å². The molecule has 2 aromatic rings. The maximum Gasteiger partial charge on any atom is 0.435 e. The molecule has 3 rings (SSSR count). The SMILES string of the molecule is NC(=NC(=O)Cn1nc(C(F)(F)F)c2c1CCOC2)c1c[nH+]ccn1. The van der Waals surface area contributed by atoms with Gasteiger partial charge < -0.3 is 10.5 Å². The molecule has 0 radical (unpaired) electrons. The minimum Gasteiger partial charge on any atom is -0.382 e. The van der Waals surface area contributed by atoms with Gasteiger partial charge in [0.2, 0.25) is 0 Å². The lowest BCUT2D eigenvalue weighted by Crippen LogP contribution is -2.22. The summed E-state index contributed by atoms with van der Waals surface area (Å²) in [5.41, 5.74) is 5.18. The number of rotatable bonds is 3. The molecule has 132 valence electrons. The third kappa shape index (κ3) is 3.65. The molecule has 2 aromatic heterocycles. The third-order valence-corrected chi connectivity index (χ3v) is 3.56. The molecule has 0 saturated carbocycles. The highest BCUT2D eigenvalue weighted by molar-refractivity contribution is 6.02. The second-order valence-electron chi connectivity index (χ2n) is 5.26. The van der Waals surface area contributed by atoms with E-state index in [9.17, 15) is 18.0 Å². The monoisotopic (exact) mass is 355 g/mol. The number of hydrogen-bond acceptors (Lipinski definition) is 4.